The molecular weight excluding hydrogens is 398 g/mol. The first-order chi connectivity index (χ1) is 14.3. The molecule has 1 aliphatic rings. The number of nitrogens with two attached hydrogens (primary N) is 1. The summed E-state index contributed by atoms with van der Waals surface area (Å²) in [4.78, 5) is 8.48. The Morgan fingerprint density at radius 1 is 1.20 bits per heavy atom. The van der Waals surface area contributed by atoms with Gasteiger partial charge in [-0.25, -0.2) is 23.1 Å². The van der Waals surface area contributed by atoms with Gasteiger partial charge in [0.05, 0.1) is 4.91 Å². The van der Waals surface area contributed by atoms with Gasteiger partial charge in [0.15, 0.2) is 0 Å². The van der Waals surface area contributed by atoms with Gasteiger partial charge in [0, 0.05) is 22.8 Å². The lowest BCUT2D eigenvalue weighted by Gasteiger charge is -2.09. The monoisotopic (exact) mass is 429 g/mol. The van der Waals surface area contributed by atoms with E-state index in [9.17, 15) is 8.42 Å². The Bertz CT molecular complexity index is 969. The van der Waals surface area contributed by atoms with Gasteiger partial charge >= 0.3 is 0 Å². The average molecular weight is 430 g/mol. The lowest BCUT2D eigenvalue weighted by molar-refractivity contribution is 0.607. The second-order valence-electron chi connectivity index (χ2n) is 6.94. The molecule has 0 unspecified atom stereocenters. The van der Waals surface area contributed by atoms with Crippen molar-refractivity contribution in [1.29, 1.82) is 0 Å². The minimum Gasteiger partial charge on any atom is -0.356 e. The van der Waals surface area contributed by atoms with Crippen LogP contribution in [0.15, 0.2) is 64.9 Å². The fourth-order valence-corrected chi connectivity index (χ4v) is 3.86. The van der Waals surface area contributed by atoms with Crippen molar-refractivity contribution in [3.05, 3.63) is 76.3 Å². The third kappa shape index (κ3) is 7.61. The number of nitrogens with zero attached hydrogens (tertiary/aromatic N) is 2. The van der Waals surface area contributed by atoms with E-state index in [1.165, 1.54) is 0 Å². The Morgan fingerprint density at radius 3 is 2.60 bits per heavy atom. The Balaban J connectivity index is 2.09. The van der Waals surface area contributed by atoms with E-state index in [4.69, 9.17) is 5.73 Å². The molecule has 0 bridgehead atoms. The number of allylic oxidation sites excluding steroid dienone is 7. The zero-order valence-corrected chi connectivity index (χ0v) is 18.7. The highest BCUT2D eigenvalue weighted by atomic mass is 32.2. The van der Waals surface area contributed by atoms with E-state index in [-0.39, 0.29) is 10.9 Å². The van der Waals surface area contributed by atoms with Gasteiger partial charge in [0.1, 0.15) is 0 Å². The molecule has 2 rings (SSSR count). The molecule has 1 aromatic rings. The highest BCUT2D eigenvalue weighted by Gasteiger charge is 2.18. The molecular formula is C22H31N5O2S. The third-order valence-corrected chi connectivity index (χ3v) is 5.56. The molecule has 0 amide bonds. The molecule has 1 heterocycles. The summed E-state index contributed by atoms with van der Waals surface area (Å²) in [7, 11) is -3.78. The van der Waals surface area contributed by atoms with Crippen LogP contribution in [-0.2, 0) is 10.0 Å². The first kappa shape index (κ1) is 23.6. The highest BCUT2D eigenvalue weighted by Crippen LogP contribution is 2.18. The van der Waals surface area contributed by atoms with E-state index in [0.29, 0.717) is 24.4 Å². The quantitative estimate of drug-likeness (QED) is 0.386. The lowest BCUT2D eigenvalue weighted by Crippen LogP contribution is -2.16. The van der Waals surface area contributed by atoms with Crippen LogP contribution in [0.3, 0.4) is 0 Å². The number of hydrogen-bond donors (Lipinski definition) is 3. The first-order valence-corrected chi connectivity index (χ1v) is 11.6. The van der Waals surface area contributed by atoms with Gasteiger partial charge in [-0.2, -0.15) is 0 Å². The van der Waals surface area contributed by atoms with Gasteiger partial charge in [-0.1, -0.05) is 31.2 Å². The molecule has 8 heteroatoms. The van der Waals surface area contributed by atoms with Crippen molar-refractivity contribution in [1.82, 2.24) is 15.3 Å². The Hall–Kier alpha value is -2.71. The zero-order chi connectivity index (χ0) is 22.0. The highest BCUT2D eigenvalue weighted by molar-refractivity contribution is 7.96. The molecule has 30 heavy (non-hydrogen) atoms. The van der Waals surface area contributed by atoms with Crippen molar-refractivity contribution in [2.45, 2.75) is 46.5 Å². The molecule has 1 aliphatic carbocycles. The molecule has 4 N–H and O–H groups in total. The molecule has 0 saturated carbocycles. The summed E-state index contributed by atoms with van der Waals surface area (Å²) in [6.45, 7) is 6.33. The van der Waals surface area contributed by atoms with Gasteiger partial charge in [-0.3, -0.25) is 0 Å². The lowest BCUT2D eigenvalue weighted by atomic mass is 10.2. The van der Waals surface area contributed by atoms with Crippen molar-refractivity contribution in [3.8, 4) is 0 Å². The van der Waals surface area contributed by atoms with E-state index in [2.05, 4.69) is 39.1 Å². The summed E-state index contributed by atoms with van der Waals surface area (Å²) in [5, 5.41) is 3.35. The maximum atomic E-state index is 12.8. The van der Waals surface area contributed by atoms with E-state index in [0.717, 1.165) is 30.7 Å². The molecule has 0 atom stereocenters. The van der Waals surface area contributed by atoms with Crippen LogP contribution in [0.5, 0.6) is 0 Å². The molecule has 162 valence electrons. The largest absolute Gasteiger partial charge is 0.356 e. The summed E-state index contributed by atoms with van der Waals surface area (Å²) in [5.74, 6) is 0.0770. The molecule has 0 aromatic carbocycles. The molecule has 1 aromatic heterocycles. The van der Waals surface area contributed by atoms with Crippen LogP contribution >= 0.6 is 0 Å². The van der Waals surface area contributed by atoms with Gasteiger partial charge in [-0.05, 0) is 70.4 Å². The van der Waals surface area contributed by atoms with E-state index in [1.807, 2.05) is 12.2 Å². The molecule has 7 nitrogen and oxygen atoms in total. The Labute approximate surface area is 179 Å². The SMILES string of the molecule is CC/C=C(\C=C/CCCN)NC1=CCC=C(S(=O)(=O)Nc2nc(C)cc(C)n2)C=C1. The topological polar surface area (TPSA) is 110 Å². The molecule has 0 spiro atoms. The summed E-state index contributed by atoms with van der Waals surface area (Å²) < 4.78 is 28.0. The zero-order valence-electron chi connectivity index (χ0n) is 17.9. The number of rotatable bonds is 10. The minimum absolute atomic E-state index is 0.0770. The van der Waals surface area contributed by atoms with Crippen molar-refractivity contribution in [2.75, 3.05) is 11.3 Å². The van der Waals surface area contributed by atoms with Crippen molar-refractivity contribution in [2.24, 2.45) is 5.73 Å². The van der Waals surface area contributed by atoms with Crippen LogP contribution in [0, 0.1) is 13.8 Å². The van der Waals surface area contributed by atoms with E-state index in [1.54, 1.807) is 38.1 Å². The Morgan fingerprint density at radius 2 is 1.93 bits per heavy atom. The number of hydrogen-bond acceptors (Lipinski definition) is 6. The smallest absolute Gasteiger partial charge is 0.263 e. The average Bonchev–Trinajstić information content (AvgIpc) is 2.90. The number of anilines is 1. The third-order valence-electron chi connectivity index (χ3n) is 4.19. The summed E-state index contributed by atoms with van der Waals surface area (Å²) in [6, 6.07) is 1.79. The number of nitrogens with one attached hydrogen (secondary N) is 2. The van der Waals surface area contributed by atoms with E-state index < -0.39 is 10.0 Å². The van der Waals surface area contributed by atoms with Crippen LogP contribution in [0.4, 0.5) is 5.95 Å². The molecule has 0 aliphatic heterocycles. The first-order valence-electron chi connectivity index (χ1n) is 10.1. The number of unbranched alkanes of at least 4 members (excludes halogenated alkanes) is 1. The molecule has 0 saturated heterocycles. The van der Waals surface area contributed by atoms with Gasteiger partial charge in [-0.15, -0.1) is 0 Å². The van der Waals surface area contributed by atoms with Gasteiger partial charge < -0.3 is 11.1 Å². The fraction of sp³-hybridized carbons (Fsp3) is 0.364. The van der Waals surface area contributed by atoms with Gasteiger partial charge in [0.2, 0.25) is 5.95 Å². The normalized spacial score (nSPS) is 15.0. The predicted molar refractivity (Wildman–Crippen MR) is 123 cm³/mol. The second-order valence-corrected chi connectivity index (χ2v) is 8.62. The molecule has 0 fully saturated rings. The van der Waals surface area contributed by atoms with Crippen molar-refractivity contribution < 1.29 is 8.42 Å². The molecule has 0 radical (unpaired) electrons. The van der Waals surface area contributed by atoms with Crippen LogP contribution in [0.2, 0.25) is 0 Å². The maximum absolute atomic E-state index is 12.8. The van der Waals surface area contributed by atoms with Crippen LogP contribution < -0.4 is 15.8 Å². The maximum Gasteiger partial charge on any atom is 0.263 e. The summed E-state index contributed by atoms with van der Waals surface area (Å²) >= 11 is 0. The van der Waals surface area contributed by atoms with Crippen molar-refractivity contribution >= 4 is 16.0 Å². The number of aromatic nitrogens is 2. The van der Waals surface area contributed by atoms with Gasteiger partial charge in [0.25, 0.3) is 10.0 Å². The second kappa shape index (κ2) is 11.5. The summed E-state index contributed by atoms with van der Waals surface area (Å²) in [5.41, 5.74) is 8.74. The minimum atomic E-state index is -3.78. The van der Waals surface area contributed by atoms with Crippen LogP contribution in [0.25, 0.3) is 0 Å². The van der Waals surface area contributed by atoms with Crippen LogP contribution in [-0.4, -0.2) is 24.9 Å². The van der Waals surface area contributed by atoms with Crippen LogP contribution in [0.1, 0.15) is 44.0 Å². The van der Waals surface area contributed by atoms with E-state index >= 15 is 0 Å². The fourth-order valence-electron chi connectivity index (χ4n) is 2.85. The standard InChI is InChI=1S/C22H31N5O2S/c1-4-9-19(10-6-5-7-15-23)26-20-11-8-12-21(14-13-20)30(28,29)27-22-24-17(2)16-18(3)25-22/h6,9-14,16,26H,4-5,7-8,15,23H2,1-3H3,(H,24,25,27)/b10-6-,19-9+. The van der Waals surface area contributed by atoms with Crippen molar-refractivity contribution in [3.63, 3.8) is 0 Å². The predicted octanol–water partition coefficient (Wildman–Crippen LogP) is 3.74. The number of sulfonamides is 1. The Kier molecular flexibility index (Phi) is 9.01. The number of aryl methyl sites for hydroxylation is 2. The summed E-state index contributed by atoms with van der Waals surface area (Å²) in [6.07, 6.45) is 16.4.